The van der Waals surface area contributed by atoms with Crippen molar-refractivity contribution in [2.24, 2.45) is 4.99 Å². The van der Waals surface area contributed by atoms with Gasteiger partial charge in [-0.3, -0.25) is 9.79 Å². The van der Waals surface area contributed by atoms with Crippen LogP contribution in [0.25, 0.3) is 0 Å². The number of guanidine groups is 1. The van der Waals surface area contributed by atoms with E-state index in [0.717, 1.165) is 58.0 Å². The Balaban J connectivity index is 1.27. The molecule has 2 heterocycles. The number of carbonyl (C=O) groups excluding carboxylic acids is 1. The minimum absolute atomic E-state index is 0.163. The van der Waals surface area contributed by atoms with E-state index >= 15 is 0 Å². The van der Waals surface area contributed by atoms with Crippen LogP contribution in [0.1, 0.15) is 30.7 Å². The quantitative estimate of drug-likeness (QED) is 0.658. The number of piperazine rings is 1. The molecule has 3 aliphatic rings. The Morgan fingerprint density at radius 3 is 2.54 bits per heavy atom. The Hall–Kier alpha value is -2.08. The zero-order chi connectivity index (χ0) is 17.9. The molecule has 3 unspecified atom stereocenters. The van der Waals surface area contributed by atoms with Gasteiger partial charge in [-0.1, -0.05) is 30.3 Å². The Bertz CT molecular complexity index is 649. The lowest BCUT2D eigenvalue weighted by atomic mass is 10.1. The van der Waals surface area contributed by atoms with Gasteiger partial charge in [-0.15, -0.1) is 0 Å². The van der Waals surface area contributed by atoms with Gasteiger partial charge in [-0.25, -0.2) is 0 Å². The summed E-state index contributed by atoms with van der Waals surface area (Å²) in [6.07, 6.45) is 2.81. The van der Waals surface area contributed by atoms with Crippen LogP contribution in [0.5, 0.6) is 0 Å². The molecule has 3 fully saturated rings. The largest absolute Gasteiger partial charge is 0.368 e. The highest BCUT2D eigenvalue weighted by Crippen LogP contribution is 2.40. The Kier molecular flexibility index (Phi) is 5.11. The monoisotopic (exact) mass is 356 g/mol. The smallest absolute Gasteiger partial charge is 0.251 e. The summed E-state index contributed by atoms with van der Waals surface area (Å²) in [6, 6.07) is 11.1. The Morgan fingerprint density at radius 2 is 1.88 bits per heavy atom. The van der Waals surface area contributed by atoms with Gasteiger partial charge in [0, 0.05) is 51.8 Å². The zero-order valence-electron chi connectivity index (χ0n) is 15.4. The van der Waals surface area contributed by atoms with Crippen molar-refractivity contribution in [2.75, 3.05) is 39.8 Å². The summed E-state index contributed by atoms with van der Waals surface area (Å²) in [5, 5.41) is 3.61. The lowest BCUT2D eigenvalue weighted by Gasteiger charge is -2.37. The molecule has 1 amide bonds. The fourth-order valence-corrected chi connectivity index (χ4v) is 4.00. The van der Waals surface area contributed by atoms with Crippen molar-refractivity contribution in [3.8, 4) is 0 Å². The van der Waals surface area contributed by atoms with E-state index in [2.05, 4.69) is 45.5 Å². The van der Waals surface area contributed by atoms with Gasteiger partial charge in [0.1, 0.15) is 6.10 Å². The fraction of sp³-hybridized carbons (Fsp3) is 0.600. The van der Waals surface area contributed by atoms with Crippen LogP contribution < -0.4 is 5.32 Å². The predicted octanol–water partition coefficient (Wildman–Crippen LogP) is 1.44. The van der Waals surface area contributed by atoms with Crippen molar-refractivity contribution in [1.29, 1.82) is 0 Å². The molecule has 0 radical (unpaired) electrons. The number of ether oxygens (including phenoxy) is 1. The summed E-state index contributed by atoms with van der Waals surface area (Å²) >= 11 is 0. The number of aliphatic imine (C=N–C) groups is 1. The van der Waals surface area contributed by atoms with Crippen LogP contribution in [0, 0.1) is 0 Å². The number of rotatable bonds is 3. The lowest BCUT2D eigenvalue weighted by molar-refractivity contribution is -0.142. The second-order valence-electron chi connectivity index (χ2n) is 7.36. The number of benzene rings is 1. The van der Waals surface area contributed by atoms with Crippen LogP contribution in [0.4, 0.5) is 0 Å². The standard InChI is InChI=1S/C20H28N4O2/c1-21-20(22-17-14-16(17)15-6-3-2-4-7-15)24-11-9-23(10-12-24)19(25)18-8-5-13-26-18/h2-4,6-7,16-18H,5,8-14H2,1H3,(H,21,22). The summed E-state index contributed by atoms with van der Waals surface area (Å²) in [7, 11) is 1.84. The lowest BCUT2D eigenvalue weighted by Crippen LogP contribution is -2.55. The first kappa shape index (κ1) is 17.3. The molecule has 3 atom stereocenters. The average molecular weight is 356 g/mol. The van der Waals surface area contributed by atoms with Gasteiger partial charge >= 0.3 is 0 Å². The van der Waals surface area contributed by atoms with Gasteiger partial charge in [0.25, 0.3) is 5.91 Å². The molecule has 1 aromatic carbocycles. The number of hydrogen-bond acceptors (Lipinski definition) is 3. The molecule has 0 aromatic heterocycles. The molecule has 0 bridgehead atoms. The zero-order valence-corrected chi connectivity index (χ0v) is 15.4. The second kappa shape index (κ2) is 7.66. The summed E-state index contributed by atoms with van der Waals surface area (Å²) in [6.45, 7) is 3.84. The summed E-state index contributed by atoms with van der Waals surface area (Å²) < 4.78 is 5.54. The average Bonchev–Trinajstić information content (AvgIpc) is 3.25. The van der Waals surface area contributed by atoms with E-state index in [1.54, 1.807) is 0 Å². The molecule has 140 valence electrons. The minimum atomic E-state index is -0.211. The molecule has 0 spiro atoms. The van der Waals surface area contributed by atoms with Crippen LogP contribution in [-0.2, 0) is 9.53 Å². The SMILES string of the molecule is CN=C(NC1CC1c1ccccc1)N1CCN(C(=O)C2CCCO2)CC1. The maximum atomic E-state index is 12.5. The topological polar surface area (TPSA) is 57.2 Å². The summed E-state index contributed by atoms with van der Waals surface area (Å²) in [4.78, 5) is 21.2. The maximum absolute atomic E-state index is 12.5. The number of carbonyl (C=O) groups is 1. The van der Waals surface area contributed by atoms with Crippen molar-refractivity contribution >= 4 is 11.9 Å². The molecule has 1 aromatic rings. The number of hydrogen-bond donors (Lipinski definition) is 1. The summed E-state index contributed by atoms with van der Waals surface area (Å²) in [5.74, 6) is 1.70. The van der Waals surface area contributed by atoms with Crippen LogP contribution in [0.15, 0.2) is 35.3 Å². The minimum Gasteiger partial charge on any atom is -0.368 e. The van der Waals surface area contributed by atoms with Crippen molar-refractivity contribution in [3.63, 3.8) is 0 Å². The number of amides is 1. The highest BCUT2D eigenvalue weighted by molar-refractivity contribution is 5.83. The van der Waals surface area contributed by atoms with Crippen LogP contribution in [0.3, 0.4) is 0 Å². The normalized spacial score (nSPS) is 29.0. The second-order valence-corrected chi connectivity index (χ2v) is 7.36. The van der Waals surface area contributed by atoms with Gasteiger partial charge in [0.05, 0.1) is 0 Å². The molecule has 26 heavy (non-hydrogen) atoms. The summed E-state index contributed by atoms with van der Waals surface area (Å²) in [5.41, 5.74) is 1.40. The molecule has 6 nitrogen and oxygen atoms in total. The van der Waals surface area contributed by atoms with E-state index in [0.29, 0.717) is 12.0 Å². The first-order valence-electron chi connectivity index (χ1n) is 9.70. The first-order chi connectivity index (χ1) is 12.8. The highest BCUT2D eigenvalue weighted by Gasteiger charge is 2.40. The van der Waals surface area contributed by atoms with E-state index in [1.165, 1.54) is 5.56 Å². The molecular formula is C20H28N4O2. The molecule has 1 N–H and O–H groups in total. The van der Waals surface area contributed by atoms with Gasteiger partial charge in [0.2, 0.25) is 0 Å². The van der Waals surface area contributed by atoms with E-state index in [9.17, 15) is 4.79 Å². The highest BCUT2D eigenvalue weighted by atomic mass is 16.5. The van der Waals surface area contributed by atoms with Crippen molar-refractivity contribution in [3.05, 3.63) is 35.9 Å². The molecule has 6 heteroatoms. The number of nitrogens with zero attached hydrogens (tertiary/aromatic N) is 3. The molecule has 2 aliphatic heterocycles. The van der Waals surface area contributed by atoms with Gasteiger partial charge in [-0.2, -0.15) is 0 Å². The third-order valence-corrected chi connectivity index (χ3v) is 5.64. The van der Waals surface area contributed by atoms with Crippen molar-refractivity contribution < 1.29 is 9.53 Å². The Morgan fingerprint density at radius 1 is 1.15 bits per heavy atom. The Labute approximate surface area is 155 Å². The number of nitrogens with one attached hydrogen (secondary N) is 1. The van der Waals surface area contributed by atoms with E-state index in [4.69, 9.17) is 4.74 Å². The molecule has 4 rings (SSSR count). The van der Waals surface area contributed by atoms with Crippen molar-refractivity contribution in [2.45, 2.75) is 37.3 Å². The van der Waals surface area contributed by atoms with E-state index < -0.39 is 0 Å². The maximum Gasteiger partial charge on any atom is 0.251 e. The molecule has 1 aliphatic carbocycles. The van der Waals surface area contributed by atoms with Gasteiger partial charge < -0.3 is 19.9 Å². The fourth-order valence-electron chi connectivity index (χ4n) is 4.00. The van der Waals surface area contributed by atoms with Crippen molar-refractivity contribution in [1.82, 2.24) is 15.1 Å². The third kappa shape index (κ3) is 3.70. The predicted molar refractivity (Wildman–Crippen MR) is 101 cm³/mol. The van der Waals surface area contributed by atoms with Gasteiger partial charge in [-0.05, 0) is 24.8 Å². The molecule has 1 saturated carbocycles. The molecule has 2 saturated heterocycles. The van der Waals surface area contributed by atoms with Crippen LogP contribution in [-0.4, -0.2) is 73.6 Å². The van der Waals surface area contributed by atoms with E-state index in [-0.39, 0.29) is 12.0 Å². The molecular weight excluding hydrogens is 328 g/mol. The van der Waals surface area contributed by atoms with Gasteiger partial charge in [0.15, 0.2) is 5.96 Å². The van der Waals surface area contributed by atoms with Crippen LogP contribution >= 0.6 is 0 Å². The first-order valence-corrected chi connectivity index (χ1v) is 9.70. The van der Waals surface area contributed by atoms with Crippen LogP contribution in [0.2, 0.25) is 0 Å². The van der Waals surface area contributed by atoms with E-state index in [1.807, 2.05) is 11.9 Å². The third-order valence-electron chi connectivity index (χ3n) is 5.64.